The lowest BCUT2D eigenvalue weighted by Gasteiger charge is -2.09. The Kier molecular flexibility index (Phi) is 2.74. The first-order valence-corrected chi connectivity index (χ1v) is 5.47. The van der Waals surface area contributed by atoms with E-state index in [4.69, 9.17) is 10.8 Å². The Balaban J connectivity index is 2.72. The van der Waals surface area contributed by atoms with Gasteiger partial charge in [0.05, 0.1) is 12.6 Å². The summed E-state index contributed by atoms with van der Waals surface area (Å²) in [7, 11) is 1.99. The van der Waals surface area contributed by atoms with Gasteiger partial charge >= 0.3 is 0 Å². The minimum atomic E-state index is -0.308. The van der Waals surface area contributed by atoms with Crippen molar-refractivity contribution in [2.75, 3.05) is 6.61 Å². The lowest BCUT2D eigenvalue weighted by molar-refractivity contribution is 0.264. The molecule has 3 heteroatoms. The van der Waals surface area contributed by atoms with Crippen molar-refractivity contribution < 1.29 is 5.11 Å². The Morgan fingerprint density at radius 2 is 2.00 bits per heavy atom. The Bertz CT molecular complexity index is 528. The first-order valence-electron chi connectivity index (χ1n) is 5.47. The second-order valence-corrected chi connectivity index (χ2v) is 4.43. The molecule has 3 nitrogen and oxygen atoms in total. The molecule has 2 aromatic rings. The van der Waals surface area contributed by atoms with Crippen molar-refractivity contribution in [3.05, 3.63) is 35.0 Å². The predicted octanol–water partition coefficient (Wildman–Crippen LogP) is 1.79. The zero-order valence-corrected chi connectivity index (χ0v) is 9.99. The van der Waals surface area contributed by atoms with E-state index in [0.29, 0.717) is 0 Å². The Morgan fingerprint density at radius 3 is 2.62 bits per heavy atom. The van der Waals surface area contributed by atoms with Gasteiger partial charge in [-0.05, 0) is 37.1 Å². The van der Waals surface area contributed by atoms with Gasteiger partial charge < -0.3 is 15.4 Å². The van der Waals surface area contributed by atoms with Gasteiger partial charge in [-0.3, -0.25) is 0 Å². The molecule has 1 unspecified atom stereocenters. The van der Waals surface area contributed by atoms with Crippen molar-refractivity contribution in [2.24, 2.45) is 12.8 Å². The number of fused-ring (bicyclic) bond motifs is 1. The number of hydrogen-bond donors (Lipinski definition) is 2. The fourth-order valence-corrected chi connectivity index (χ4v) is 2.25. The molecule has 1 aromatic heterocycles. The van der Waals surface area contributed by atoms with Crippen LogP contribution in [0, 0.1) is 13.8 Å². The van der Waals surface area contributed by atoms with Crippen LogP contribution in [0.5, 0.6) is 0 Å². The zero-order valence-electron chi connectivity index (χ0n) is 9.99. The van der Waals surface area contributed by atoms with Crippen LogP contribution in [0.3, 0.4) is 0 Å². The minimum absolute atomic E-state index is 0.0256. The molecule has 0 saturated heterocycles. The van der Waals surface area contributed by atoms with E-state index in [2.05, 4.69) is 36.6 Å². The summed E-state index contributed by atoms with van der Waals surface area (Å²) in [6, 6.07) is 6.08. The summed E-state index contributed by atoms with van der Waals surface area (Å²) in [6.07, 6.45) is 0. The summed E-state index contributed by atoms with van der Waals surface area (Å²) in [5.41, 5.74) is 10.5. The van der Waals surface area contributed by atoms with Gasteiger partial charge in [-0.2, -0.15) is 0 Å². The van der Waals surface area contributed by atoms with E-state index >= 15 is 0 Å². The molecule has 86 valence electrons. The summed E-state index contributed by atoms with van der Waals surface area (Å²) in [5.74, 6) is 0. The van der Waals surface area contributed by atoms with Crippen LogP contribution in [-0.4, -0.2) is 16.3 Å². The molecule has 0 bridgehead atoms. The van der Waals surface area contributed by atoms with Gasteiger partial charge in [0, 0.05) is 23.6 Å². The van der Waals surface area contributed by atoms with E-state index < -0.39 is 0 Å². The van der Waals surface area contributed by atoms with E-state index in [0.717, 1.165) is 5.69 Å². The predicted molar refractivity (Wildman–Crippen MR) is 66.4 cm³/mol. The Hall–Kier alpha value is -1.32. The fraction of sp³-hybridized carbons (Fsp3) is 0.385. The van der Waals surface area contributed by atoms with Gasteiger partial charge in [0.15, 0.2) is 0 Å². The van der Waals surface area contributed by atoms with Crippen molar-refractivity contribution >= 4 is 10.9 Å². The third-order valence-corrected chi connectivity index (χ3v) is 3.13. The third kappa shape index (κ3) is 1.62. The number of aliphatic hydroxyl groups excluding tert-OH is 1. The van der Waals surface area contributed by atoms with Crippen LogP contribution in [0.4, 0.5) is 0 Å². The van der Waals surface area contributed by atoms with Crippen molar-refractivity contribution in [3.63, 3.8) is 0 Å². The number of nitrogens with two attached hydrogens (primary N) is 1. The van der Waals surface area contributed by atoms with Crippen LogP contribution in [-0.2, 0) is 7.05 Å². The summed E-state index contributed by atoms with van der Waals surface area (Å²) in [6.45, 7) is 4.16. The lowest BCUT2D eigenvalue weighted by Crippen LogP contribution is -2.17. The van der Waals surface area contributed by atoms with Crippen LogP contribution < -0.4 is 5.73 Å². The van der Waals surface area contributed by atoms with Gasteiger partial charge in [-0.1, -0.05) is 6.07 Å². The number of rotatable bonds is 2. The maximum atomic E-state index is 9.12. The molecule has 2 rings (SSSR count). The molecular weight excluding hydrogens is 200 g/mol. The van der Waals surface area contributed by atoms with Gasteiger partial charge in [0.25, 0.3) is 0 Å². The number of aryl methyl sites for hydroxylation is 3. The second kappa shape index (κ2) is 3.92. The number of hydrogen-bond acceptors (Lipinski definition) is 2. The zero-order chi connectivity index (χ0) is 11.9. The molecule has 0 amide bonds. The molecular formula is C13H18N2O. The summed E-state index contributed by atoms with van der Waals surface area (Å²) < 4.78 is 2.07. The molecule has 0 aliphatic carbocycles. The van der Waals surface area contributed by atoms with Gasteiger partial charge in [-0.25, -0.2) is 0 Å². The van der Waals surface area contributed by atoms with Crippen molar-refractivity contribution in [1.29, 1.82) is 0 Å². The van der Waals surface area contributed by atoms with E-state index in [1.165, 1.54) is 22.0 Å². The van der Waals surface area contributed by atoms with Gasteiger partial charge in [0.1, 0.15) is 0 Å². The quantitative estimate of drug-likeness (QED) is 0.807. The largest absolute Gasteiger partial charge is 0.394 e. The SMILES string of the molecule is Cc1cc(C)c2cc(C(N)CO)n(C)c2c1. The molecule has 0 spiro atoms. The van der Waals surface area contributed by atoms with E-state index in [-0.39, 0.29) is 12.6 Å². The molecule has 0 fully saturated rings. The molecule has 16 heavy (non-hydrogen) atoms. The topological polar surface area (TPSA) is 51.2 Å². The van der Waals surface area contributed by atoms with Crippen molar-refractivity contribution in [1.82, 2.24) is 4.57 Å². The normalized spacial score (nSPS) is 13.3. The molecule has 0 aliphatic heterocycles. The van der Waals surface area contributed by atoms with Gasteiger partial charge in [-0.15, -0.1) is 0 Å². The number of aliphatic hydroxyl groups is 1. The maximum absolute atomic E-state index is 9.12. The number of benzene rings is 1. The fourth-order valence-electron chi connectivity index (χ4n) is 2.25. The summed E-state index contributed by atoms with van der Waals surface area (Å²) in [4.78, 5) is 0. The first kappa shape index (κ1) is 11.2. The maximum Gasteiger partial charge on any atom is 0.0685 e. The van der Waals surface area contributed by atoms with Crippen LogP contribution in [0.1, 0.15) is 22.9 Å². The van der Waals surface area contributed by atoms with E-state index in [1.54, 1.807) is 0 Å². The highest BCUT2D eigenvalue weighted by Gasteiger charge is 2.13. The number of nitrogens with zero attached hydrogens (tertiary/aromatic N) is 1. The second-order valence-electron chi connectivity index (χ2n) is 4.43. The molecule has 3 N–H and O–H groups in total. The summed E-state index contributed by atoms with van der Waals surface area (Å²) in [5, 5.41) is 10.3. The highest BCUT2D eigenvalue weighted by molar-refractivity contribution is 5.85. The highest BCUT2D eigenvalue weighted by atomic mass is 16.3. The third-order valence-electron chi connectivity index (χ3n) is 3.13. The highest BCUT2D eigenvalue weighted by Crippen LogP contribution is 2.26. The standard InChI is InChI=1S/C13H18N2O/c1-8-4-9(2)10-6-13(11(14)7-16)15(3)12(10)5-8/h4-6,11,16H,7,14H2,1-3H3. The molecule has 0 radical (unpaired) electrons. The average molecular weight is 218 g/mol. The molecule has 1 atom stereocenters. The van der Waals surface area contributed by atoms with E-state index in [1.807, 2.05) is 7.05 Å². The molecule has 0 saturated carbocycles. The first-order chi connectivity index (χ1) is 7.54. The summed E-state index contributed by atoms with van der Waals surface area (Å²) >= 11 is 0. The van der Waals surface area contributed by atoms with Crippen LogP contribution in [0.25, 0.3) is 10.9 Å². The van der Waals surface area contributed by atoms with Crippen molar-refractivity contribution in [2.45, 2.75) is 19.9 Å². The van der Waals surface area contributed by atoms with E-state index in [9.17, 15) is 0 Å². The molecule has 1 aromatic carbocycles. The Morgan fingerprint density at radius 1 is 1.31 bits per heavy atom. The monoisotopic (exact) mass is 218 g/mol. The minimum Gasteiger partial charge on any atom is -0.394 e. The van der Waals surface area contributed by atoms with Crippen molar-refractivity contribution in [3.8, 4) is 0 Å². The smallest absolute Gasteiger partial charge is 0.0685 e. The van der Waals surface area contributed by atoms with Crippen LogP contribution in [0.2, 0.25) is 0 Å². The van der Waals surface area contributed by atoms with Crippen LogP contribution in [0.15, 0.2) is 18.2 Å². The lowest BCUT2D eigenvalue weighted by atomic mass is 10.1. The Labute approximate surface area is 95.5 Å². The molecule has 0 aliphatic rings. The van der Waals surface area contributed by atoms with Crippen LogP contribution >= 0.6 is 0 Å². The van der Waals surface area contributed by atoms with Gasteiger partial charge in [0.2, 0.25) is 0 Å². The molecule has 1 heterocycles. The number of aromatic nitrogens is 1. The average Bonchev–Trinajstić information content (AvgIpc) is 2.56.